The van der Waals surface area contributed by atoms with E-state index in [1.807, 2.05) is 12.1 Å². The van der Waals surface area contributed by atoms with Crippen LogP contribution in [-0.2, 0) is 0 Å². The number of hydrogen-bond acceptors (Lipinski definition) is 5. The van der Waals surface area contributed by atoms with Crippen LogP contribution in [-0.4, -0.2) is 41.9 Å². The van der Waals surface area contributed by atoms with Crippen LogP contribution in [0.5, 0.6) is 0 Å². The van der Waals surface area contributed by atoms with Gasteiger partial charge in [0.05, 0.1) is 5.69 Å². The third kappa shape index (κ3) is 2.17. The highest BCUT2D eigenvalue weighted by molar-refractivity contribution is 5.99. The summed E-state index contributed by atoms with van der Waals surface area (Å²) in [4.78, 5) is 22.1. The number of hydrogen-bond donors (Lipinski definition) is 1. The molecule has 0 saturated carbocycles. The Kier molecular flexibility index (Phi) is 3.13. The van der Waals surface area contributed by atoms with Crippen LogP contribution in [0.2, 0.25) is 0 Å². The summed E-state index contributed by atoms with van der Waals surface area (Å²) in [6.07, 6.45) is 4.13. The monoisotopic (exact) mass is 256 g/mol. The van der Waals surface area contributed by atoms with Gasteiger partial charge in [0.1, 0.15) is 11.0 Å². The van der Waals surface area contributed by atoms with Gasteiger partial charge in [0.25, 0.3) is 0 Å². The summed E-state index contributed by atoms with van der Waals surface area (Å²) in [5, 5.41) is 3.42. The Hall–Kier alpha value is -2.01. The number of nitrogens with zero attached hydrogens (tertiary/aromatic N) is 3. The summed E-state index contributed by atoms with van der Waals surface area (Å²) >= 11 is 0. The molecule has 1 unspecified atom stereocenters. The minimum absolute atomic E-state index is 0.450. The molecule has 3 rings (SSSR count). The van der Waals surface area contributed by atoms with Crippen LogP contribution in [0, 0.1) is 0 Å². The zero-order chi connectivity index (χ0) is 13.2. The summed E-state index contributed by atoms with van der Waals surface area (Å²) in [7, 11) is 0. The van der Waals surface area contributed by atoms with Crippen molar-refractivity contribution in [3.05, 3.63) is 30.1 Å². The van der Waals surface area contributed by atoms with Crippen LogP contribution in [0.1, 0.15) is 17.3 Å². The van der Waals surface area contributed by atoms with Crippen LogP contribution >= 0.6 is 0 Å². The molecule has 1 saturated heterocycles. The number of nitrogens with one attached hydrogen (secondary N) is 1. The Morgan fingerprint density at radius 3 is 2.84 bits per heavy atom. The van der Waals surface area contributed by atoms with Crippen molar-refractivity contribution in [1.29, 1.82) is 0 Å². The predicted molar refractivity (Wildman–Crippen MR) is 74.6 cm³/mol. The van der Waals surface area contributed by atoms with Gasteiger partial charge in [0.15, 0.2) is 6.29 Å². The Labute approximate surface area is 111 Å². The summed E-state index contributed by atoms with van der Waals surface area (Å²) in [6, 6.07) is 4.25. The number of carbonyl (C=O) groups is 1. The van der Waals surface area contributed by atoms with Crippen molar-refractivity contribution in [1.82, 2.24) is 15.3 Å². The standard InChI is InChI=1S/C14H16N4O/c1-10-8-18(7-6-15-10)12-3-2-11(9-19)13-14(12)17-5-4-16-13/h2-5,9-10,15H,6-8H2,1H3. The zero-order valence-corrected chi connectivity index (χ0v) is 10.8. The second-order valence-electron chi connectivity index (χ2n) is 4.85. The smallest absolute Gasteiger partial charge is 0.152 e. The number of carbonyl (C=O) groups excluding carboxylic acids is 1. The second kappa shape index (κ2) is 4.93. The molecule has 1 aromatic carbocycles. The lowest BCUT2D eigenvalue weighted by Gasteiger charge is -2.34. The van der Waals surface area contributed by atoms with Crippen LogP contribution in [0.25, 0.3) is 11.0 Å². The third-order valence-electron chi connectivity index (χ3n) is 3.47. The molecule has 0 bridgehead atoms. The summed E-state index contributed by atoms with van der Waals surface area (Å²) in [5.74, 6) is 0. The SMILES string of the molecule is CC1CN(c2ccc(C=O)c3nccnc23)CCN1. The van der Waals surface area contributed by atoms with Gasteiger partial charge in [-0.2, -0.15) is 0 Å². The number of piperazine rings is 1. The van der Waals surface area contributed by atoms with E-state index in [4.69, 9.17) is 0 Å². The molecule has 0 radical (unpaired) electrons. The maximum absolute atomic E-state index is 11.1. The van der Waals surface area contributed by atoms with Crippen LogP contribution < -0.4 is 10.2 Å². The fourth-order valence-corrected chi connectivity index (χ4v) is 2.56. The molecule has 1 aliphatic rings. The fourth-order valence-electron chi connectivity index (χ4n) is 2.56. The molecule has 98 valence electrons. The Morgan fingerprint density at radius 2 is 2.11 bits per heavy atom. The quantitative estimate of drug-likeness (QED) is 0.819. The highest BCUT2D eigenvalue weighted by Gasteiger charge is 2.19. The van der Waals surface area contributed by atoms with Gasteiger partial charge in [-0.15, -0.1) is 0 Å². The van der Waals surface area contributed by atoms with Crippen molar-refractivity contribution in [3.8, 4) is 0 Å². The third-order valence-corrected chi connectivity index (χ3v) is 3.47. The lowest BCUT2D eigenvalue weighted by Crippen LogP contribution is -2.49. The molecule has 1 N–H and O–H groups in total. The van der Waals surface area contributed by atoms with Crippen LogP contribution in [0.4, 0.5) is 5.69 Å². The van der Waals surface area contributed by atoms with E-state index in [1.165, 1.54) is 0 Å². The molecule has 1 atom stereocenters. The largest absolute Gasteiger partial charge is 0.367 e. The maximum Gasteiger partial charge on any atom is 0.152 e. The van der Waals surface area contributed by atoms with E-state index in [1.54, 1.807) is 12.4 Å². The molecule has 0 aliphatic carbocycles. The van der Waals surface area contributed by atoms with E-state index >= 15 is 0 Å². The van der Waals surface area contributed by atoms with Crippen LogP contribution in [0.15, 0.2) is 24.5 Å². The van der Waals surface area contributed by atoms with Crippen molar-refractivity contribution < 1.29 is 4.79 Å². The zero-order valence-electron chi connectivity index (χ0n) is 10.8. The molecule has 1 aromatic heterocycles. The van der Waals surface area contributed by atoms with Crippen molar-refractivity contribution >= 4 is 23.0 Å². The molecule has 0 spiro atoms. The molecule has 2 heterocycles. The first-order valence-electron chi connectivity index (χ1n) is 6.47. The minimum Gasteiger partial charge on any atom is -0.367 e. The van der Waals surface area contributed by atoms with Gasteiger partial charge in [-0.25, -0.2) is 0 Å². The normalized spacial score (nSPS) is 19.6. The van der Waals surface area contributed by atoms with E-state index in [0.717, 1.165) is 37.1 Å². The van der Waals surface area contributed by atoms with Crippen molar-refractivity contribution in [2.45, 2.75) is 13.0 Å². The lowest BCUT2D eigenvalue weighted by molar-refractivity contribution is 0.112. The topological polar surface area (TPSA) is 58.1 Å². The predicted octanol–water partition coefficient (Wildman–Crippen LogP) is 1.24. The van der Waals surface area contributed by atoms with Gasteiger partial charge < -0.3 is 10.2 Å². The Balaban J connectivity index is 2.11. The molecular formula is C14H16N4O. The van der Waals surface area contributed by atoms with Gasteiger partial charge >= 0.3 is 0 Å². The molecule has 5 heteroatoms. The first-order valence-corrected chi connectivity index (χ1v) is 6.47. The number of aldehydes is 1. The summed E-state index contributed by atoms with van der Waals surface area (Å²) < 4.78 is 0. The first-order chi connectivity index (χ1) is 9.29. The molecule has 5 nitrogen and oxygen atoms in total. The summed E-state index contributed by atoms with van der Waals surface area (Å²) in [5.41, 5.74) is 3.14. The van der Waals surface area contributed by atoms with Gasteiger partial charge in [0.2, 0.25) is 0 Å². The number of rotatable bonds is 2. The highest BCUT2D eigenvalue weighted by Crippen LogP contribution is 2.26. The maximum atomic E-state index is 11.1. The van der Waals surface area contributed by atoms with Crippen molar-refractivity contribution in [3.63, 3.8) is 0 Å². The molecule has 2 aromatic rings. The average molecular weight is 256 g/mol. The molecule has 0 amide bonds. The van der Waals surface area contributed by atoms with E-state index in [-0.39, 0.29) is 0 Å². The second-order valence-corrected chi connectivity index (χ2v) is 4.85. The van der Waals surface area contributed by atoms with E-state index in [0.29, 0.717) is 17.1 Å². The molecule has 1 fully saturated rings. The van der Waals surface area contributed by atoms with E-state index in [9.17, 15) is 4.79 Å². The Bertz CT molecular complexity index is 613. The number of aromatic nitrogens is 2. The average Bonchev–Trinajstić information content (AvgIpc) is 2.46. The minimum atomic E-state index is 0.450. The lowest BCUT2D eigenvalue weighted by atomic mass is 10.1. The van der Waals surface area contributed by atoms with Gasteiger partial charge in [-0.1, -0.05) is 0 Å². The van der Waals surface area contributed by atoms with Gasteiger partial charge in [-0.3, -0.25) is 14.8 Å². The van der Waals surface area contributed by atoms with Crippen LogP contribution in [0.3, 0.4) is 0 Å². The van der Waals surface area contributed by atoms with Crippen molar-refractivity contribution in [2.24, 2.45) is 0 Å². The van der Waals surface area contributed by atoms with E-state index in [2.05, 4.69) is 27.1 Å². The van der Waals surface area contributed by atoms with E-state index < -0.39 is 0 Å². The number of fused-ring (bicyclic) bond motifs is 1. The highest BCUT2D eigenvalue weighted by atomic mass is 16.1. The summed E-state index contributed by atoms with van der Waals surface area (Å²) in [6.45, 7) is 5.00. The van der Waals surface area contributed by atoms with Gasteiger partial charge in [0, 0.05) is 43.6 Å². The fraction of sp³-hybridized carbons (Fsp3) is 0.357. The molecular weight excluding hydrogens is 240 g/mol. The molecule has 19 heavy (non-hydrogen) atoms. The number of anilines is 1. The van der Waals surface area contributed by atoms with Gasteiger partial charge in [-0.05, 0) is 19.1 Å². The number of benzene rings is 1. The Morgan fingerprint density at radius 1 is 1.32 bits per heavy atom. The molecule has 1 aliphatic heterocycles. The first kappa shape index (κ1) is 12.0. The van der Waals surface area contributed by atoms with Crippen molar-refractivity contribution in [2.75, 3.05) is 24.5 Å².